The van der Waals surface area contributed by atoms with Gasteiger partial charge in [0, 0.05) is 6.54 Å². The number of pyridine rings is 1. The minimum atomic E-state index is -1.19. The van der Waals surface area contributed by atoms with E-state index in [4.69, 9.17) is 5.11 Å². The predicted octanol–water partition coefficient (Wildman–Crippen LogP) is 1.35. The number of carboxylic acids is 1. The summed E-state index contributed by atoms with van der Waals surface area (Å²) in [6.07, 6.45) is 0.977. The summed E-state index contributed by atoms with van der Waals surface area (Å²) in [6.45, 7) is 2.34. The average molecular weight is 184 g/mol. The van der Waals surface area contributed by atoms with Crippen molar-refractivity contribution in [2.45, 2.75) is 6.92 Å². The maximum atomic E-state index is 12.6. The lowest BCUT2D eigenvalue weighted by molar-refractivity contribution is 0.0697. The Balaban J connectivity index is 3.10. The van der Waals surface area contributed by atoms with Crippen LogP contribution in [0, 0.1) is 5.82 Å². The zero-order chi connectivity index (χ0) is 9.84. The largest absolute Gasteiger partial charge is 0.478 e. The lowest BCUT2D eigenvalue weighted by atomic mass is 10.2. The first-order chi connectivity index (χ1) is 6.15. The number of rotatable bonds is 3. The van der Waals surface area contributed by atoms with E-state index >= 15 is 0 Å². The molecule has 0 fully saturated rings. The van der Waals surface area contributed by atoms with Crippen LogP contribution in [0.15, 0.2) is 12.3 Å². The SMILES string of the molecule is CCNc1ncc(F)cc1C(=O)O. The number of nitrogens with zero attached hydrogens (tertiary/aromatic N) is 1. The summed E-state index contributed by atoms with van der Waals surface area (Å²) < 4.78 is 12.6. The van der Waals surface area contributed by atoms with Crippen LogP contribution >= 0.6 is 0 Å². The van der Waals surface area contributed by atoms with Crippen LogP contribution in [0.2, 0.25) is 0 Å². The minimum Gasteiger partial charge on any atom is -0.478 e. The van der Waals surface area contributed by atoms with E-state index in [1.165, 1.54) is 0 Å². The number of aromatic nitrogens is 1. The molecule has 0 unspecified atom stereocenters. The molecule has 0 amide bonds. The van der Waals surface area contributed by atoms with Crippen LogP contribution in [0.5, 0.6) is 0 Å². The van der Waals surface area contributed by atoms with Gasteiger partial charge in [0.25, 0.3) is 0 Å². The number of hydrogen-bond donors (Lipinski definition) is 2. The maximum Gasteiger partial charge on any atom is 0.339 e. The van der Waals surface area contributed by atoms with Crippen LogP contribution in [0.4, 0.5) is 10.2 Å². The van der Waals surface area contributed by atoms with Crippen molar-refractivity contribution in [3.05, 3.63) is 23.6 Å². The molecule has 1 heterocycles. The zero-order valence-corrected chi connectivity index (χ0v) is 7.04. The van der Waals surface area contributed by atoms with Crippen LogP contribution in [-0.4, -0.2) is 22.6 Å². The third-order valence-corrected chi connectivity index (χ3v) is 1.43. The van der Waals surface area contributed by atoms with Crippen LogP contribution in [0.25, 0.3) is 0 Å². The number of hydrogen-bond acceptors (Lipinski definition) is 3. The smallest absolute Gasteiger partial charge is 0.339 e. The molecule has 1 aromatic rings. The Morgan fingerprint density at radius 1 is 1.77 bits per heavy atom. The van der Waals surface area contributed by atoms with Gasteiger partial charge in [-0.05, 0) is 13.0 Å². The van der Waals surface area contributed by atoms with Crippen molar-refractivity contribution >= 4 is 11.8 Å². The molecule has 0 aliphatic carbocycles. The van der Waals surface area contributed by atoms with E-state index in [0.29, 0.717) is 6.54 Å². The van der Waals surface area contributed by atoms with Gasteiger partial charge in [0.1, 0.15) is 17.2 Å². The van der Waals surface area contributed by atoms with Gasteiger partial charge in [0.15, 0.2) is 0 Å². The first-order valence-electron chi connectivity index (χ1n) is 3.78. The lowest BCUT2D eigenvalue weighted by Crippen LogP contribution is -2.08. The number of aromatic carboxylic acids is 1. The summed E-state index contributed by atoms with van der Waals surface area (Å²) in [5, 5.41) is 11.4. The number of anilines is 1. The third-order valence-electron chi connectivity index (χ3n) is 1.43. The molecule has 0 saturated carbocycles. The molecule has 1 aromatic heterocycles. The summed E-state index contributed by atoms with van der Waals surface area (Å²) in [6, 6.07) is 0.938. The van der Waals surface area contributed by atoms with Gasteiger partial charge in [-0.3, -0.25) is 0 Å². The molecule has 0 aliphatic rings. The Labute approximate surface area is 74.4 Å². The van der Waals surface area contributed by atoms with Gasteiger partial charge in [-0.15, -0.1) is 0 Å². The topological polar surface area (TPSA) is 62.2 Å². The Morgan fingerprint density at radius 2 is 2.46 bits per heavy atom. The second-order valence-corrected chi connectivity index (χ2v) is 2.39. The fourth-order valence-electron chi connectivity index (χ4n) is 0.911. The normalized spacial score (nSPS) is 9.69. The van der Waals surface area contributed by atoms with Crippen LogP contribution in [0.3, 0.4) is 0 Å². The number of carbonyl (C=O) groups is 1. The average Bonchev–Trinajstić information content (AvgIpc) is 2.08. The van der Waals surface area contributed by atoms with Crippen molar-refractivity contribution in [3.8, 4) is 0 Å². The summed E-state index contributed by atoms with van der Waals surface area (Å²) in [4.78, 5) is 14.2. The van der Waals surface area contributed by atoms with E-state index in [2.05, 4.69) is 10.3 Å². The molecule has 1 rings (SSSR count). The highest BCUT2D eigenvalue weighted by atomic mass is 19.1. The van der Waals surface area contributed by atoms with Crippen LogP contribution in [-0.2, 0) is 0 Å². The van der Waals surface area contributed by atoms with Gasteiger partial charge in [0.2, 0.25) is 0 Å². The van der Waals surface area contributed by atoms with E-state index in [1.54, 1.807) is 6.92 Å². The second kappa shape index (κ2) is 3.84. The van der Waals surface area contributed by atoms with Gasteiger partial charge >= 0.3 is 5.97 Å². The first kappa shape index (κ1) is 9.44. The monoisotopic (exact) mass is 184 g/mol. The lowest BCUT2D eigenvalue weighted by Gasteiger charge is -2.05. The molecule has 0 aliphatic heterocycles. The Morgan fingerprint density at radius 3 is 3.00 bits per heavy atom. The summed E-state index contributed by atoms with van der Waals surface area (Å²) in [5.74, 6) is -1.65. The zero-order valence-electron chi connectivity index (χ0n) is 7.04. The molecule has 0 radical (unpaired) electrons. The molecule has 0 saturated heterocycles. The summed E-state index contributed by atoms with van der Waals surface area (Å²) in [7, 11) is 0. The number of carboxylic acid groups (broad SMARTS) is 1. The molecule has 0 aromatic carbocycles. The van der Waals surface area contributed by atoms with Crippen molar-refractivity contribution in [3.63, 3.8) is 0 Å². The molecule has 2 N–H and O–H groups in total. The molecule has 4 nitrogen and oxygen atoms in total. The van der Waals surface area contributed by atoms with Gasteiger partial charge < -0.3 is 10.4 Å². The van der Waals surface area contributed by atoms with Gasteiger partial charge in [0.05, 0.1) is 6.20 Å². The van der Waals surface area contributed by atoms with Crippen LogP contribution < -0.4 is 5.32 Å². The quantitative estimate of drug-likeness (QED) is 0.744. The van der Waals surface area contributed by atoms with E-state index < -0.39 is 11.8 Å². The van der Waals surface area contributed by atoms with Crippen molar-refractivity contribution in [1.29, 1.82) is 0 Å². The van der Waals surface area contributed by atoms with E-state index in [9.17, 15) is 9.18 Å². The molecule has 0 bridgehead atoms. The Bertz CT molecular complexity index is 328. The second-order valence-electron chi connectivity index (χ2n) is 2.39. The molecule has 13 heavy (non-hydrogen) atoms. The first-order valence-corrected chi connectivity index (χ1v) is 3.78. The molecule has 70 valence electrons. The molecule has 5 heteroatoms. The molecular formula is C8H9FN2O2. The van der Waals surface area contributed by atoms with E-state index in [-0.39, 0.29) is 11.4 Å². The molecule has 0 spiro atoms. The number of halogens is 1. The fourth-order valence-corrected chi connectivity index (χ4v) is 0.911. The maximum absolute atomic E-state index is 12.6. The fraction of sp³-hybridized carbons (Fsp3) is 0.250. The summed E-state index contributed by atoms with van der Waals surface area (Å²) >= 11 is 0. The van der Waals surface area contributed by atoms with Gasteiger partial charge in [-0.25, -0.2) is 14.2 Å². The van der Waals surface area contributed by atoms with Crippen molar-refractivity contribution in [2.75, 3.05) is 11.9 Å². The number of nitrogens with one attached hydrogen (secondary N) is 1. The predicted molar refractivity (Wildman–Crippen MR) is 45.3 cm³/mol. The highest BCUT2D eigenvalue weighted by Crippen LogP contribution is 2.12. The highest BCUT2D eigenvalue weighted by Gasteiger charge is 2.11. The molecular weight excluding hydrogens is 175 g/mol. The van der Waals surface area contributed by atoms with E-state index in [1.807, 2.05) is 0 Å². The van der Waals surface area contributed by atoms with Crippen molar-refractivity contribution in [1.82, 2.24) is 4.98 Å². The summed E-state index contributed by atoms with van der Waals surface area (Å²) in [5.41, 5.74) is -0.151. The highest BCUT2D eigenvalue weighted by molar-refractivity contribution is 5.92. The van der Waals surface area contributed by atoms with Crippen molar-refractivity contribution < 1.29 is 14.3 Å². The standard InChI is InChI=1S/C8H9FN2O2/c1-2-10-7-6(8(12)13)3-5(9)4-11-7/h3-4H,2H2,1H3,(H,10,11)(H,12,13). The minimum absolute atomic E-state index is 0.151. The third kappa shape index (κ3) is 2.14. The van der Waals surface area contributed by atoms with Crippen LogP contribution in [0.1, 0.15) is 17.3 Å². The van der Waals surface area contributed by atoms with Crippen molar-refractivity contribution in [2.24, 2.45) is 0 Å². The Hall–Kier alpha value is -1.65. The van der Waals surface area contributed by atoms with Gasteiger partial charge in [-0.2, -0.15) is 0 Å². The van der Waals surface area contributed by atoms with Gasteiger partial charge in [-0.1, -0.05) is 0 Å². The molecule has 0 atom stereocenters. The Kier molecular flexibility index (Phi) is 2.79. The van der Waals surface area contributed by atoms with E-state index in [0.717, 1.165) is 12.3 Å².